The van der Waals surface area contributed by atoms with Crippen molar-refractivity contribution in [3.63, 3.8) is 0 Å². The van der Waals surface area contributed by atoms with E-state index >= 15 is 0 Å². The van der Waals surface area contributed by atoms with E-state index in [4.69, 9.17) is 10.5 Å². The van der Waals surface area contributed by atoms with Gasteiger partial charge in [-0.25, -0.2) is 0 Å². The summed E-state index contributed by atoms with van der Waals surface area (Å²) in [6.45, 7) is 8.19. The zero-order chi connectivity index (χ0) is 25.1. The second kappa shape index (κ2) is 10.8. The van der Waals surface area contributed by atoms with E-state index < -0.39 is 12.1 Å². The third-order valence-corrected chi connectivity index (χ3v) is 6.62. The number of aromatic nitrogens is 2. The molecule has 1 amide bonds. The van der Waals surface area contributed by atoms with E-state index in [1.54, 1.807) is 19.3 Å². The summed E-state index contributed by atoms with van der Waals surface area (Å²) in [5.74, 6) is -0.319. The van der Waals surface area contributed by atoms with E-state index in [0.717, 1.165) is 37.4 Å². The van der Waals surface area contributed by atoms with E-state index in [2.05, 4.69) is 52.6 Å². The van der Waals surface area contributed by atoms with Crippen LogP contribution >= 0.6 is 0 Å². The number of nitrogens with two attached hydrogens (primary N) is 1. The van der Waals surface area contributed by atoms with E-state index in [0.29, 0.717) is 18.7 Å². The highest BCUT2D eigenvalue weighted by Gasteiger charge is 2.30. The Kier molecular flexibility index (Phi) is 7.73. The van der Waals surface area contributed by atoms with Crippen molar-refractivity contribution >= 4 is 17.4 Å². The number of hydrogen-bond acceptors (Lipinski definition) is 8. The first-order valence-electron chi connectivity index (χ1n) is 12.3. The predicted molar refractivity (Wildman–Crippen MR) is 135 cm³/mol. The molecular weight excluding hydrogens is 446 g/mol. The maximum Gasteiger partial charge on any atom is 0.251 e. The molecule has 3 aliphatic rings. The largest absolute Gasteiger partial charge is 0.379 e. The predicted octanol–water partition coefficient (Wildman–Crippen LogP) is 0.857. The molecule has 10 heteroatoms. The molecule has 0 aliphatic carbocycles. The number of dihydropyridines is 1. The number of morpholine rings is 1. The molecule has 3 unspecified atom stereocenters. The van der Waals surface area contributed by atoms with Crippen LogP contribution in [0.4, 0.5) is 5.69 Å². The number of hydrogen-bond donors (Lipinski definition) is 3. The highest BCUT2D eigenvalue weighted by molar-refractivity contribution is 6.07. The smallest absolute Gasteiger partial charge is 0.251 e. The molecule has 0 aromatic carbocycles. The van der Waals surface area contributed by atoms with E-state index in [9.17, 15) is 9.59 Å². The molecule has 4 atom stereocenters. The number of carbonyl (C=O) groups excluding carboxylic acids is 2. The fraction of sp³-hybridized carbons (Fsp3) is 0.560. The number of Topliss-reactive ketones (excluding diaryl/α,β-unsaturated/α-hetero) is 1. The van der Waals surface area contributed by atoms with Crippen LogP contribution in [0.5, 0.6) is 0 Å². The molecule has 0 radical (unpaired) electrons. The van der Waals surface area contributed by atoms with Gasteiger partial charge < -0.3 is 26.0 Å². The number of allylic oxidation sites excluding steroid dienone is 3. The van der Waals surface area contributed by atoms with E-state index in [1.165, 1.54) is 4.68 Å². The van der Waals surface area contributed by atoms with Gasteiger partial charge in [-0.3, -0.25) is 19.2 Å². The van der Waals surface area contributed by atoms with Gasteiger partial charge in [-0.05, 0) is 24.0 Å². The number of rotatable bonds is 1. The van der Waals surface area contributed by atoms with Gasteiger partial charge in [-0.15, -0.1) is 0 Å². The van der Waals surface area contributed by atoms with Crippen LogP contribution in [0.2, 0.25) is 0 Å². The molecule has 10 nitrogen and oxygen atoms in total. The third-order valence-electron chi connectivity index (χ3n) is 6.62. The van der Waals surface area contributed by atoms with Crippen molar-refractivity contribution in [1.82, 2.24) is 24.9 Å². The third kappa shape index (κ3) is 6.01. The van der Waals surface area contributed by atoms with Gasteiger partial charge in [-0.2, -0.15) is 5.10 Å². The normalized spacial score (nSPS) is 28.3. The molecule has 35 heavy (non-hydrogen) atoms. The van der Waals surface area contributed by atoms with Crippen LogP contribution in [-0.2, 0) is 16.6 Å². The van der Waals surface area contributed by atoms with Crippen LogP contribution in [0.15, 0.2) is 41.9 Å². The monoisotopic (exact) mass is 483 g/mol. The molecule has 0 saturated carbocycles. The minimum absolute atomic E-state index is 0.130. The maximum absolute atomic E-state index is 13.2. The van der Waals surface area contributed by atoms with Crippen LogP contribution in [0.3, 0.4) is 0 Å². The summed E-state index contributed by atoms with van der Waals surface area (Å²) in [7, 11) is 3.78. The minimum Gasteiger partial charge on any atom is -0.379 e. The fourth-order valence-electron chi connectivity index (χ4n) is 4.65. The molecule has 1 aromatic rings. The van der Waals surface area contributed by atoms with Crippen molar-refractivity contribution in [1.29, 1.82) is 0 Å². The molecule has 1 fully saturated rings. The lowest BCUT2D eigenvalue weighted by atomic mass is 9.97. The lowest BCUT2D eigenvalue weighted by molar-refractivity contribution is -0.117. The van der Waals surface area contributed by atoms with Crippen molar-refractivity contribution in [2.24, 2.45) is 18.7 Å². The number of amides is 1. The lowest BCUT2D eigenvalue weighted by Gasteiger charge is -2.35. The Morgan fingerprint density at radius 1 is 1.20 bits per heavy atom. The summed E-state index contributed by atoms with van der Waals surface area (Å²) in [6.07, 6.45) is 9.74. The first kappa shape index (κ1) is 25.2. The molecule has 4 bridgehead atoms. The molecule has 190 valence electrons. The molecule has 1 aromatic heterocycles. The number of likely N-dealkylation sites (N-methyl/N-ethyl adjacent to an activating group) is 1. The summed E-state index contributed by atoms with van der Waals surface area (Å²) in [5.41, 5.74) is 8.87. The lowest BCUT2D eigenvalue weighted by Crippen LogP contribution is -2.48. The van der Waals surface area contributed by atoms with Gasteiger partial charge in [-0.1, -0.05) is 26.0 Å². The number of carbonyl (C=O) groups is 2. The van der Waals surface area contributed by atoms with Gasteiger partial charge >= 0.3 is 0 Å². The van der Waals surface area contributed by atoms with Crippen LogP contribution < -0.4 is 16.4 Å². The van der Waals surface area contributed by atoms with E-state index in [-0.39, 0.29) is 29.4 Å². The molecular formula is C25H37N7O3. The van der Waals surface area contributed by atoms with Gasteiger partial charge in [0.2, 0.25) is 5.78 Å². The number of aryl methyl sites for hydroxylation is 1. The average Bonchev–Trinajstić information content (AvgIpc) is 3.20. The first-order chi connectivity index (χ1) is 16.7. The molecule has 3 aliphatic heterocycles. The SMILES string of the molecule is CC(C)C1=CN(C)CCN2CCOC(C[C@@H](N)C(=O)c3nn(C)cc3NC(=O)C3C=CC=C1N3)C2. The molecule has 1 saturated heterocycles. The van der Waals surface area contributed by atoms with Crippen LogP contribution in [0, 0.1) is 5.92 Å². The van der Waals surface area contributed by atoms with E-state index in [1.807, 2.05) is 12.2 Å². The number of ether oxygens (including phenoxy) is 1. The van der Waals surface area contributed by atoms with Crippen molar-refractivity contribution < 1.29 is 14.3 Å². The summed E-state index contributed by atoms with van der Waals surface area (Å²) >= 11 is 0. The number of nitrogens with zero attached hydrogens (tertiary/aromatic N) is 4. The summed E-state index contributed by atoms with van der Waals surface area (Å²) in [5, 5.41) is 10.5. The second-order valence-electron chi connectivity index (χ2n) is 9.86. The number of fused-ring (bicyclic) bond motifs is 5. The zero-order valence-corrected chi connectivity index (χ0v) is 21.0. The standard InChI is InChI=1S/C25H37N7O3/c1-16(2)18-14-30(3)8-9-32-10-11-35-17(13-32)12-19(26)24(33)23-22(15-31(4)29-23)28-25(34)21-7-5-6-20(18)27-21/h5-7,14-17,19,21,27H,8-13,26H2,1-4H3,(H,28,34)/t17?,19-,21?/m1/s1. The topological polar surface area (TPSA) is 118 Å². The van der Waals surface area contributed by atoms with Crippen LogP contribution in [-0.4, -0.2) is 89.3 Å². The van der Waals surface area contributed by atoms with Gasteiger partial charge in [0.1, 0.15) is 6.04 Å². The van der Waals surface area contributed by atoms with Crippen molar-refractivity contribution in [3.05, 3.63) is 47.6 Å². The minimum atomic E-state index is -0.772. The Morgan fingerprint density at radius 3 is 2.77 bits per heavy atom. The molecule has 4 rings (SSSR count). The Labute approximate surface area is 206 Å². The highest BCUT2D eigenvalue weighted by Crippen LogP contribution is 2.23. The maximum atomic E-state index is 13.2. The number of ketones is 1. The van der Waals surface area contributed by atoms with Crippen molar-refractivity contribution in [2.45, 2.75) is 38.5 Å². The Balaban J connectivity index is 1.66. The van der Waals surface area contributed by atoms with Gasteiger partial charge in [0.05, 0.1) is 24.4 Å². The summed E-state index contributed by atoms with van der Waals surface area (Å²) in [6, 6.07) is -1.36. The summed E-state index contributed by atoms with van der Waals surface area (Å²) < 4.78 is 7.44. The van der Waals surface area contributed by atoms with Crippen molar-refractivity contribution in [3.8, 4) is 0 Å². The molecule has 4 heterocycles. The first-order valence-corrected chi connectivity index (χ1v) is 12.3. The second-order valence-corrected chi connectivity index (χ2v) is 9.86. The van der Waals surface area contributed by atoms with Gasteiger partial charge in [0.25, 0.3) is 5.91 Å². The molecule has 0 spiro atoms. The number of nitrogens with one attached hydrogen (secondary N) is 2. The van der Waals surface area contributed by atoms with Gasteiger partial charge in [0, 0.05) is 58.4 Å². The Bertz CT molecular complexity index is 1040. The average molecular weight is 484 g/mol. The molecule has 4 N–H and O–H groups in total. The zero-order valence-electron chi connectivity index (χ0n) is 21.0. The Hall–Kier alpha value is -2.95. The van der Waals surface area contributed by atoms with Crippen LogP contribution in [0.25, 0.3) is 0 Å². The van der Waals surface area contributed by atoms with Crippen molar-refractivity contribution in [2.75, 3.05) is 45.2 Å². The highest BCUT2D eigenvalue weighted by atomic mass is 16.5. The summed E-state index contributed by atoms with van der Waals surface area (Å²) in [4.78, 5) is 30.9. The van der Waals surface area contributed by atoms with Gasteiger partial charge in [0.15, 0.2) is 5.69 Å². The fourth-order valence-corrected chi connectivity index (χ4v) is 4.65. The Morgan fingerprint density at radius 2 is 2.00 bits per heavy atom. The van der Waals surface area contributed by atoms with Crippen LogP contribution in [0.1, 0.15) is 30.8 Å². The number of anilines is 1. The quantitative estimate of drug-likeness (QED) is 0.538.